The molecule has 0 radical (unpaired) electrons. The summed E-state index contributed by atoms with van der Waals surface area (Å²) in [6, 6.07) is 14.9. The summed E-state index contributed by atoms with van der Waals surface area (Å²) in [5.74, 6) is -0.474. The fourth-order valence-electron chi connectivity index (χ4n) is 2.51. The summed E-state index contributed by atoms with van der Waals surface area (Å²) >= 11 is 0. The normalized spacial score (nSPS) is 11.8. The number of primary sulfonamides is 1. The molecule has 3 rings (SSSR count). The van der Waals surface area contributed by atoms with Crippen molar-refractivity contribution >= 4 is 31.5 Å². The molecule has 0 bridgehead atoms. The first kappa shape index (κ1) is 21.6. The number of carbonyl (C=O) groups is 1. The smallest absolute Gasteiger partial charge is 0.255 e. The van der Waals surface area contributed by atoms with Gasteiger partial charge in [0.2, 0.25) is 10.0 Å². The molecule has 0 unspecified atom stereocenters. The summed E-state index contributed by atoms with van der Waals surface area (Å²) in [4.78, 5) is 12.2. The van der Waals surface area contributed by atoms with Crippen LogP contribution in [0.4, 0.5) is 5.69 Å². The third-order valence-electron chi connectivity index (χ3n) is 4.22. The maximum atomic E-state index is 12.3. The number of nitrogens with two attached hydrogens (primary N) is 1. The molecule has 0 spiro atoms. The van der Waals surface area contributed by atoms with Gasteiger partial charge in [0.25, 0.3) is 5.91 Å². The van der Waals surface area contributed by atoms with Crippen LogP contribution < -0.4 is 10.5 Å². The maximum Gasteiger partial charge on any atom is 0.255 e. The van der Waals surface area contributed by atoms with Gasteiger partial charge in [0.15, 0.2) is 14.9 Å². The molecule has 2 aromatic carbocycles. The lowest BCUT2D eigenvalue weighted by Gasteiger charge is -2.07. The Labute approximate surface area is 173 Å². The summed E-state index contributed by atoms with van der Waals surface area (Å²) in [5.41, 5.74) is 1.96. The topological polar surface area (TPSA) is 149 Å². The number of anilines is 1. The van der Waals surface area contributed by atoms with Crippen molar-refractivity contribution in [2.24, 2.45) is 5.14 Å². The molecule has 0 fully saturated rings. The molecule has 1 heterocycles. The number of carbonyl (C=O) groups excluding carboxylic acids is 1. The van der Waals surface area contributed by atoms with Crippen LogP contribution in [0, 0.1) is 0 Å². The second-order valence-corrected chi connectivity index (χ2v) is 10.0. The number of hydrogen-bond acceptors (Lipinski definition) is 7. The van der Waals surface area contributed by atoms with Crippen molar-refractivity contribution < 1.29 is 21.6 Å². The van der Waals surface area contributed by atoms with E-state index in [0.29, 0.717) is 16.9 Å². The molecule has 0 atom stereocenters. The van der Waals surface area contributed by atoms with Crippen LogP contribution in [-0.4, -0.2) is 38.7 Å². The minimum Gasteiger partial charge on any atom is -0.322 e. The van der Waals surface area contributed by atoms with E-state index < -0.39 is 25.8 Å². The number of rotatable bonds is 6. The third kappa shape index (κ3) is 4.87. The number of amides is 1. The van der Waals surface area contributed by atoms with Gasteiger partial charge in [-0.25, -0.2) is 22.0 Å². The SMILES string of the molecule is CCS(=O)(=O)c1ccc(-c2ccc(NC(=O)c3ccc(S(N)(=O)=O)cc3)cc2)nn1. The van der Waals surface area contributed by atoms with Gasteiger partial charge < -0.3 is 5.32 Å². The highest BCUT2D eigenvalue weighted by molar-refractivity contribution is 7.91. The van der Waals surface area contributed by atoms with Gasteiger partial charge in [-0.1, -0.05) is 19.1 Å². The molecule has 1 aromatic heterocycles. The first-order valence-corrected chi connectivity index (χ1v) is 11.9. The number of nitrogens with one attached hydrogen (secondary N) is 1. The summed E-state index contributed by atoms with van der Waals surface area (Å²) in [6.45, 7) is 1.53. The van der Waals surface area contributed by atoms with Crippen molar-refractivity contribution in [3.63, 3.8) is 0 Å². The van der Waals surface area contributed by atoms with E-state index in [9.17, 15) is 21.6 Å². The Morgan fingerprint density at radius 3 is 2.03 bits per heavy atom. The van der Waals surface area contributed by atoms with Crippen LogP contribution in [0.3, 0.4) is 0 Å². The number of sulfonamides is 1. The highest BCUT2D eigenvalue weighted by Crippen LogP contribution is 2.20. The first-order chi connectivity index (χ1) is 14.1. The molecule has 11 heteroatoms. The molecule has 30 heavy (non-hydrogen) atoms. The van der Waals surface area contributed by atoms with Crippen molar-refractivity contribution in [1.82, 2.24) is 10.2 Å². The lowest BCUT2D eigenvalue weighted by Crippen LogP contribution is -2.14. The van der Waals surface area contributed by atoms with Crippen LogP contribution in [0.15, 0.2) is 70.6 Å². The van der Waals surface area contributed by atoms with Crippen LogP contribution in [0.2, 0.25) is 0 Å². The molecule has 9 nitrogen and oxygen atoms in total. The van der Waals surface area contributed by atoms with Crippen molar-refractivity contribution in [3.8, 4) is 11.3 Å². The molecule has 0 saturated heterocycles. The summed E-state index contributed by atoms with van der Waals surface area (Å²) in [6.07, 6.45) is 0. The molecule has 3 aromatic rings. The van der Waals surface area contributed by atoms with Gasteiger partial charge in [-0.3, -0.25) is 4.79 Å². The zero-order chi connectivity index (χ0) is 21.9. The Morgan fingerprint density at radius 1 is 0.900 bits per heavy atom. The van der Waals surface area contributed by atoms with E-state index in [1.807, 2.05) is 0 Å². The summed E-state index contributed by atoms with van der Waals surface area (Å²) < 4.78 is 46.2. The predicted molar refractivity (Wildman–Crippen MR) is 111 cm³/mol. The lowest BCUT2D eigenvalue weighted by atomic mass is 10.1. The second-order valence-electron chi connectivity index (χ2n) is 6.26. The third-order valence-corrected chi connectivity index (χ3v) is 6.77. The zero-order valence-electron chi connectivity index (χ0n) is 15.8. The first-order valence-electron chi connectivity index (χ1n) is 8.71. The number of nitrogens with zero attached hydrogens (tertiary/aromatic N) is 2. The largest absolute Gasteiger partial charge is 0.322 e. The van der Waals surface area contributed by atoms with E-state index in [4.69, 9.17) is 5.14 Å². The van der Waals surface area contributed by atoms with E-state index in [2.05, 4.69) is 15.5 Å². The quantitative estimate of drug-likeness (QED) is 0.586. The minimum absolute atomic E-state index is 0.0554. The highest BCUT2D eigenvalue weighted by atomic mass is 32.2. The number of hydrogen-bond donors (Lipinski definition) is 2. The Hall–Kier alpha value is -3.15. The molecule has 1 amide bonds. The Kier molecular flexibility index (Phi) is 5.97. The molecule has 156 valence electrons. The van der Waals surface area contributed by atoms with Crippen LogP contribution in [0.1, 0.15) is 17.3 Å². The number of sulfone groups is 1. The monoisotopic (exact) mass is 446 g/mol. The number of aromatic nitrogens is 2. The molecular formula is C19H18N4O5S2. The van der Waals surface area contributed by atoms with Gasteiger partial charge in [-0.2, -0.15) is 0 Å². The molecule has 0 saturated carbocycles. The zero-order valence-corrected chi connectivity index (χ0v) is 17.4. The maximum absolute atomic E-state index is 12.3. The standard InChI is InChI=1S/C19H18N4O5S2/c1-2-29(25,26)18-12-11-17(22-23-18)13-3-7-15(8-4-13)21-19(24)14-5-9-16(10-6-14)30(20,27)28/h3-12H,2H2,1H3,(H,21,24)(H2,20,27,28). The second kappa shape index (κ2) is 8.30. The molecule has 0 aliphatic rings. The van der Waals surface area contributed by atoms with Crippen molar-refractivity contribution in [1.29, 1.82) is 0 Å². The fraction of sp³-hybridized carbons (Fsp3) is 0.105. The van der Waals surface area contributed by atoms with Crippen molar-refractivity contribution in [3.05, 3.63) is 66.2 Å². The molecular weight excluding hydrogens is 428 g/mol. The van der Waals surface area contributed by atoms with E-state index in [1.165, 1.54) is 37.3 Å². The van der Waals surface area contributed by atoms with E-state index in [1.54, 1.807) is 30.3 Å². The van der Waals surface area contributed by atoms with Crippen molar-refractivity contribution in [2.75, 3.05) is 11.1 Å². The summed E-state index contributed by atoms with van der Waals surface area (Å²) in [7, 11) is -7.24. The Bertz CT molecular complexity index is 1270. The van der Waals surface area contributed by atoms with E-state index in [-0.39, 0.29) is 21.2 Å². The van der Waals surface area contributed by atoms with Crippen LogP contribution in [0.25, 0.3) is 11.3 Å². The summed E-state index contributed by atoms with van der Waals surface area (Å²) in [5, 5.41) is 15.4. The van der Waals surface area contributed by atoms with Crippen LogP contribution >= 0.6 is 0 Å². The average Bonchev–Trinajstić information content (AvgIpc) is 2.74. The average molecular weight is 447 g/mol. The minimum atomic E-state index is -3.82. The van der Waals surface area contributed by atoms with Gasteiger partial charge in [-0.05, 0) is 48.5 Å². The van der Waals surface area contributed by atoms with Gasteiger partial charge in [0.05, 0.1) is 16.3 Å². The van der Waals surface area contributed by atoms with Gasteiger partial charge in [0, 0.05) is 16.8 Å². The van der Waals surface area contributed by atoms with Crippen molar-refractivity contribution in [2.45, 2.75) is 16.8 Å². The van der Waals surface area contributed by atoms with Gasteiger partial charge in [0.1, 0.15) is 0 Å². The van der Waals surface area contributed by atoms with Gasteiger partial charge in [-0.15, -0.1) is 10.2 Å². The molecule has 0 aliphatic carbocycles. The molecule has 0 aliphatic heterocycles. The Morgan fingerprint density at radius 2 is 1.53 bits per heavy atom. The number of benzene rings is 2. The predicted octanol–water partition coefficient (Wildman–Crippen LogP) is 1.84. The van der Waals surface area contributed by atoms with Crippen LogP contribution in [-0.2, 0) is 19.9 Å². The van der Waals surface area contributed by atoms with E-state index in [0.717, 1.165) is 0 Å². The fourth-order valence-corrected chi connectivity index (χ4v) is 3.76. The van der Waals surface area contributed by atoms with E-state index >= 15 is 0 Å². The molecule has 3 N–H and O–H groups in total. The van der Waals surface area contributed by atoms with Gasteiger partial charge >= 0.3 is 0 Å². The highest BCUT2D eigenvalue weighted by Gasteiger charge is 2.14. The van der Waals surface area contributed by atoms with Crippen LogP contribution in [0.5, 0.6) is 0 Å². The lowest BCUT2D eigenvalue weighted by molar-refractivity contribution is 0.102. The Balaban J connectivity index is 1.72.